The lowest BCUT2D eigenvalue weighted by Gasteiger charge is -2.31. The lowest BCUT2D eigenvalue weighted by Crippen LogP contribution is -2.49. The minimum atomic E-state index is -0.698. The monoisotopic (exact) mass is 369 g/mol. The Labute approximate surface area is 158 Å². The van der Waals surface area contributed by atoms with Crippen LogP contribution in [0.25, 0.3) is 5.69 Å². The molecule has 0 saturated heterocycles. The average molecular weight is 369 g/mol. The molecule has 2 aromatic rings. The first-order chi connectivity index (χ1) is 12.5. The molecule has 1 aromatic heterocycles. The van der Waals surface area contributed by atoms with Crippen LogP contribution in [0, 0.1) is 25.2 Å². The summed E-state index contributed by atoms with van der Waals surface area (Å²) in [6.45, 7) is 3.93. The molecular formula is C19H23N5OS. The highest BCUT2D eigenvalue weighted by atomic mass is 32.2. The van der Waals surface area contributed by atoms with Crippen LogP contribution in [0.5, 0.6) is 0 Å². The second-order valence-corrected chi connectivity index (χ2v) is 7.73. The van der Waals surface area contributed by atoms with Gasteiger partial charge < -0.3 is 5.32 Å². The maximum atomic E-state index is 12.4. The van der Waals surface area contributed by atoms with Gasteiger partial charge in [0.25, 0.3) is 0 Å². The quantitative estimate of drug-likeness (QED) is 0.818. The Bertz CT molecular complexity index is 815. The number of nitriles is 1. The number of benzene rings is 1. The number of rotatable bonds is 5. The normalized spacial score (nSPS) is 16.0. The summed E-state index contributed by atoms with van der Waals surface area (Å²) in [4.78, 5) is 12.4. The van der Waals surface area contributed by atoms with Gasteiger partial charge in [0.05, 0.1) is 11.8 Å². The number of nitrogens with zero attached hydrogens (tertiary/aromatic N) is 4. The van der Waals surface area contributed by atoms with Crippen LogP contribution >= 0.6 is 11.8 Å². The van der Waals surface area contributed by atoms with E-state index in [1.807, 2.05) is 42.7 Å². The lowest BCUT2D eigenvalue weighted by atomic mass is 9.83. The van der Waals surface area contributed by atoms with E-state index in [1.165, 1.54) is 17.3 Å². The van der Waals surface area contributed by atoms with Gasteiger partial charge in [-0.25, -0.2) is 0 Å². The predicted octanol–water partition coefficient (Wildman–Crippen LogP) is 3.32. The Hall–Kier alpha value is -2.33. The van der Waals surface area contributed by atoms with E-state index in [-0.39, 0.29) is 11.7 Å². The summed E-state index contributed by atoms with van der Waals surface area (Å²) < 4.78 is 1.94. The first-order valence-corrected chi connectivity index (χ1v) is 9.86. The second kappa shape index (κ2) is 7.92. The molecule has 1 aliphatic rings. The van der Waals surface area contributed by atoms with Gasteiger partial charge in [0.1, 0.15) is 11.4 Å². The summed E-state index contributed by atoms with van der Waals surface area (Å²) in [7, 11) is 0. The number of aryl methyl sites for hydroxylation is 2. The minimum absolute atomic E-state index is 0.130. The van der Waals surface area contributed by atoms with E-state index >= 15 is 0 Å². The van der Waals surface area contributed by atoms with E-state index < -0.39 is 5.54 Å². The molecule has 0 aliphatic heterocycles. The van der Waals surface area contributed by atoms with Gasteiger partial charge in [-0.1, -0.05) is 48.7 Å². The molecule has 7 heteroatoms. The van der Waals surface area contributed by atoms with Crippen molar-refractivity contribution in [2.45, 2.75) is 56.6 Å². The molecule has 1 aromatic carbocycles. The number of carbonyl (C=O) groups excluding carboxylic acids is 1. The van der Waals surface area contributed by atoms with E-state index in [0.29, 0.717) is 5.16 Å². The molecule has 0 atom stereocenters. The molecule has 1 N–H and O–H groups in total. The van der Waals surface area contributed by atoms with Crippen molar-refractivity contribution in [3.05, 3.63) is 35.7 Å². The number of carbonyl (C=O) groups is 1. The standard InChI is InChI=1S/C19H23N5OS/c1-14-6-8-16(9-7-14)24-15(2)22-23-18(24)26-12-17(25)21-19(13-20)10-4-3-5-11-19/h6-9H,3-5,10-12H2,1-2H3,(H,21,25). The fourth-order valence-electron chi connectivity index (χ4n) is 3.28. The van der Waals surface area contributed by atoms with Crippen molar-refractivity contribution in [2.24, 2.45) is 0 Å². The molecule has 0 unspecified atom stereocenters. The van der Waals surface area contributed by atoms with Gasteiger partial charge in [0.2, 0.25) is 5.91 Å². The van der Waals surface area contributed by atoms with Crippen LogP contribution in [0.4, 0.5) is 0 Å². The van der Waals surface area contributed by atoms with Crippen molar-refractivity contribution in [3.63, 3.8) is 0 Å². The Kier molecular flexibility index (Phi) is 5.62. The number of hydrogen-bond donors (Lipinski definition) is 1. The highest BCUT2D eigenvalue weighted by Crippen LogP contribution is 2.28. The summed E-state index contributed by atoms with van der Waals surface area (Å²) in [6.07, 6.45) is 4.58. The fourth-order valence-corrected chi connectivity index (χ4v) is 4.08. The predicted molar refractivity (Wildman–Crippen MR) is 101 cm³/mol. The van der Waals surface area contributed by atoms with Crippen LogP contribution in [-0.4, -0.2) is 32.0 Å². The highest BCUT2D eigenvalue weighted by molar-refractivity contribution is 7.99. The fraction of sp³-hybridized carbons (Fsp3) is 0.474. The Balaban J connectivity index is 1.68. The smallest absolute Gasteiger partial charge is 0.231 e. The van der Waals surface area contributed by atoms with Crippen LogP contribution in [-0.2, 0) is 4.79 Å². The van der Waals surface area contributed by atoms with Crippen LogP contribution in [0.3, 0.4) is 0 Å². The zero-order chi connectivity index (χ0) is 18.6. The van der Waals surface area contributed by atoms with Gasteiger partial charge in [0, 0.05) is 5.69 Å². The molecule has 6 nitrogen and oxygen atoms in total. The third-order valence-electron chi connectivity index (χ3n) is 4.72. The molecule has 1 fully saturated rings. The Morgan fingerprint density at radius 1 is 1.23 bits per heavy atom. The zero-order valence-electron chi connectivity index (χ0n) is 15.2. The van der Waals surface area contributed by atoms with E-state index in [1.54, 1.807) is 0 Å². The van der Waals surface area contributed by atoms with E-state index in [4.69, 9.17) is 0 Å². The van der Waals surface area contributed by atoms with Gasteiger partial charge in [0.15, 0.2) is 5.16 Å². The van der Waals surface area contributed by atoms with Gasteiger partial charge in [-0.15, -0.1) is 10.2 Å². The first kappa shape index (κ1) is 18.5. The topological polar surface area (TPSA) is 83.6 Å². The van der Waals surface area contributed by atoms with E-state index in [0.717, 1.165) is 43.6 Å². The third-order valence-corrected chi connectivity index (χ3v) is 5.65. The number of nitrogens with one attached hydrogen (secondary N) is 1. The molecule has 26 heavy (non-hydrogen) atoms. The molecule has 136 valence electrons. The molecule has 1 aliphatic carbocycles. The maximum Gasteiger partial charge on any atom is 0.231 e. The molecule has 1 amide bonds. The van der Waals surface area contributed by atoms with Gasteiger partial charge in [-0.05, 0) is 38.8 Å². The van der Waals surface area contributed by atoms with Crippen molar-refractivity contribution < 1.29 is 4.79 Å². The third kappa shape index (κ3) is 4.07. The largest absolute Gasteiger partial charge is 0.337 e. The van der Waals surface area contributed by atoms with Crippen molar-refractivity contribution in [2.75, 3.05) is 5.75 Å². The Morgan fingerprint density at radius 3 is 2.58 bits per heavy atom. The van der Waals surface area contributed by atoms with Crippen LogP contribution in [0.2, 0.25) is 0 Å². The first-order valence-electron chi connectivity index (χ1n) is 8.87. The minimum Gasteiger partial charge on any atom is -0.337 e. The zero-order valence-corrected chi connectivity index (χ0v) is 16.0. The van der Waals surface area contributed by atoms with Gasteiger partial charge in [-0.3, -0.25) is 9.36 Å². The SMILES string of the molecule is Cc1ccc(-n2c(C)nnc2SCC(=O)NC2(C#N)CCCCC2)cc1. The van der Waals surface area contributed by atoms with Crippen molar-refractivity contribution in [1.82, 2.24) is 20.1 Å². The van der Waals surface area contributed by atoms with E-state index in [9.17, 15) is 10.1 Å². The summed E-state index contributed by atoms with van der Waals surface area (Å²) in [5.41, 5.74) is 1.46. The number of amides is 1. The van der Waals surface area contributed by atoms with Crippen molar-refractivity contribution in [3.8, 4) is 11.8 Å². The lowest BCUT2D eigenvalue weighted by molar-refractivity contribution is -0.120. The summed E-state index contributed by atoms with van der Waals surface area (Å²) in [6, 6.07) is 10.4. The van der Waals surface area contributed by atoms with E-state index in [2.05, 4.69) is 21.6 Å². The molecule has 0 radical (unpaired) electrons. The Morgan fingerprint density at radius 2 is 1.92 bits per heavy atom. The molecule has 0 spiro atoms. The second-order valence-electron chi connectivity index (χ2n) is 6.79. The van der Waals surface area contributed by atoms with Gasteiger partial charge >= 0.3 is 0 Å². The van der Waals surface area contributed by atoms with Crippen molar-refractivity contribution >= 4 is 17.7 Å². The van der Waals surface area contributed by atoms with Crippen LogP contribution in [0.1, 0.15) is 43.5 Å². The number of aromatic nitrogens is 3. The van der Waals surface area contributed by atoms with Gasteiger partial charge in [-0.2, -0.15) is 5.26 Å². The molecule has 1 saturated carbocycles. The molecular weight excluding hydrogens is 346 g/mol. The summed E-state index contributed by atoms with van der Waals surface area (Å²) >= 11 is 1.34. The molecule has 0 bridgehead atoms. The summed E-state index contributed by atoms with van der Waals surface area (Å²) in [5.74, 6) is 0.861. The maximum absolute atomic E-state index is 12.4. The number of hydrogen-bond acceptors (Lipinski definition) is 5. The molecule has 1 heterocycles. The average Bonchev–Trinajstić information content (AvgIpc) is 3.02. The molecule has 3 rings (SSSR count). The van der Waals surface area contributed by atoms with Crippen LogP contribution < -0.4 is 5.32 Å². The highest BCUT2D eigenvalue weighted by Gasteiger charge is 2.33. The summed E-state index contributed by atoms with van der Waals surface area (Å²) in [5, 5.41) is 21.5. The number of thioether (sulfide) groups is 1. The van der Waals surface area contributed by atoms with Crippen LogP contribution in [0.15, 0.2) is 29.4 Å². The van der Waals surface area contributed by atoms with Crippen molar-refractivity contribution in [1.29, 1.82) is 5.26 Å².